The molecule has 0 aliphatic heterocycles. The molecule has 2 rings (SSSR count). The number of nitrogens with one attached hydrogen (secondary N) is 1. The summed E-state index contributed by atoms with van der Waals surface area (Å²) >= 11 is 5.91. The summed E-state index contributed by atoms with van der Waals surface area (Å²) < 4.78 is 10.6. The van der Waals surface area contributed by atoms with Crippen molar-refractivity contribution in [2.75, 3.05) is 26.3 Å². The summed E-state index contributed by atoms with van der Waals surface area (Å²) in [6, 6.07) is 3.77. The predicted molar refractivity (Wildman–Crippen MR) is 114 cm³/mol. The molecule has 0 spiro atoms. The van der Waals surface area contributed by atoms with Gasteiger partial charge in [-0.2, -0.15) is 0 Å². The molecule has 1 aromatic heterocycles. The van der Waals surface area contributed by atoms with Crippen LogP contribution in [0.15, 0.2) is 27.4 Å². The zero-order valence-corrected chi connectivity index (χ0v) is 18.1. The Bertz CT molecular complexity index is 952. The normalized spacial score (nSPS) is 11.9. The second-order valence-corrected chi connectivity index (χ2v) is 7.28. The summed E-state index contributed by atoms with van der Waals surface area (Å²) in [6.07, 6.45) is 1.56. The monoisotopic (exact) mass is 438 g/mol. The fourth-order valence-corrected chi connectivity index (χ4v) is 3.21. The second-order valence-electron chi connectivity index (χ2n) is 6.90. The standard InChI is InChI=1S/C21H27ClN2O6/c1-4-8-24(9-5-2)20(27)16(11-25)23-18(26)12-29-14-6-7-15-13(3)19(22)21(28)30-17(15)10-14/h6-7,10,16,25H,4-5,8-9,11-12H2,1-3H3,(H,23,26). The lowest BCUT2D eigenvalue weighted by molar-refractivity contribution is -0.138. The molecule has 9 heteroatoms. The molecule has 0 saturated carbocycles. The predicted octanol–water partition coefficient (Wildman–Crippen LogP) is 2.26. The minimum Gasteiger partial charge on any atom is -0.484 e. The van der Waals surface area contributed by atoms with Crippen molar-refractivity contribution in [2.45, 2.75) is 39.7 Å². The summed E-state index contributed by atoms with van der Waals surface area (Å²) in [5, 5.41) is 12.7. The van der Waals surface area contributed by atoms with Crippen LogP contribution in [0.3, 0.4) is 0 Å². The van der Waals surface area contributed by atoms with Gasteiger partial charge in [0.1, 0.15) is 22.4 Å². The van der Waals surface area contributed by atoms with E-state index in [1.807, 2.05) is 13.8 Å². The van der Waals surface area contributed by atoms with Crippen molar-refractivity contribution in [3.05, 3.63) is 39.2 Å². The summed E-state index contributed by atoms with van der Waals surface area (Å²) in [7, 11) is 0. The number of amides is 2. The van der Waals surface area contributed by atoms with Gasteiger partial charge in [-0.15, -0.1) is 0 Å². The Morgan fingerprint density at radius 2 is 1.93 bits per heavy atom. The van der Waals surface area contributed by atoms with E-state index < -0.39 is 24.2 Å². The Morgan fingerprint density at radius 3 is 2.53 bits per heavy atom. The topological polar surface area (TPSA) is 109 Å². The van der Waals surface area contributed by atoms with Crippen LogP contribution in [-0.2, 0) is 9.59 Å². The van der Waals surface area contributed by atoms with Gasteiger partial charge in [0, 0.05) is 24.5 Å². The van der Waals surface area contributed by atoms with Gasteiger partial charge in [0.2, 0.25) is 5.91 Å². The van der Waals surface area contributed by atoms with E-state index in [-0.39, 0.29) is 23.1 Å². The zero-order chi connectivity index (χ0) is 22.3. The van der Waals surface area contributed by atoms with E-state index in [0.717, 1.165) is 12.8 Å². The molecule has 2 amide bonds. The van der Waals surface area contributed by atoms with Crippen molar-refractivity contribution >= 4 is 34.4 Å². The zero-order valence-electron chi connectivity index (χ0n) is 17.4. The van der Waals surface area contributed by atoms with Gasteiger partial charge in [0.15, 0.2) is 6.61 Å². The van der Waals surface area contributed by atoms with Crippen molar-refractivity contribution < 1.29 is 23.8 Å². The van der Waals surface area contributed by atoms with Gasteiger partial charge in [0.05, 0.1) is 6.61 Å². The molecule has 0 radical (unpaired) electrons. The molecule has 0 bridgehead atoms. The molecule has 0 fully saturated rings. The fraction of sp³-hybridized carbons (Fsp3) is 0.476. The first-order valence-corrected chi connectivity index (χ1v) is 10.2. The number of ether oxygens (including phenoxy) is 1. The molecule has 0 aliphatic rings. The van der Waals surface area contributed by atoms with Crippen LogP contribution in [0.4, 0.5) is 0 Å². The van der Waals surface area contributed by atoms with Gasteiger partial charge in [-0.3, -0.25) is 9.59 Å². The molecule has 2 aromatic rings. The van der Waals surface area contributed by atoms with Crippen LogP contribution in [-0.4, -0.2) is 54.2 Å². The van der Waals surface area contributed by atoms with Gasteiger partial charge < -0.3 is 24.5 Å². The highest BCUT2D eigenvalue weighted by molar-refractivity contribution is 6.31. The lowest BCUT2D eigenvalue weighted by Gasteiger charge is -2.26. The number of nitrogens with zero attached hydrogens (tertiary/aromatic N) is 1. The van der Waals surface area contributed by atoms with E-state index in [0.29, 0.717) is 29.8 Å². The van der Waals surface area contributed by atoms with Crippen LogP contribution >= 0.6 is 11.6 Å². The lowest BCUT2D eigenvalue weighted by atomic mass is 10.1. The first-order valence-electron chi connectivity index (χ1n) is 9.87. The molecule has 2 N–H and O–H groups in total. The number of aliphatic hydroxyl groups excluding tert-OH is 1. The third-order valence-electron chi connectivity index (χ3n) is 4.55. The fourth-order valence-electron chi connectivity index (χ4n) is 3.07. The van der Waals surface area contributed by atoms with Crippen LogP contribution in [0.25, 0.3) is 11.0 Å². The Hall–Kier alpha value is -2.58. The van der Waals surface area contributed by atoms with Gasteiger partial charge in [-0.1, -0.05) is 25.4 Å². The number of benzene rings is 1. The minimum atomic E-state index is -1.03. The summed E-state index contributed by atoms with van der Waals surface area (Å²) in [5.74, 6) is -0.563. The van der Waals surface area contributed by atoms with Crippen LogP contribution in [0.1, 0.15) is 32.3 Å². The number of halogens is 1. The highest BCUT2D eigenvalue weighted by atomic mass is 35.5. The van der Waals surface area contributed by atoms with E-state index in [1.165, 1.54) is 6.07 Å². The molecule has 1 aromatic carbocycles. The van der Waals surface area contributed by atoms with Crippen molar-refractivity contribution in [1.29, 1.82) is 0 Å². The maximum absolute atomic E-state index is 12.6. The third kappa shape index (κ3) is 5.73. The number of hydrogen-bond acceptors (Lipinski definition) is 6. The van der Waals surface area contributed by atoms with Crippen molar-refractivity contribution in [2.24, 2.45) is 0 Å². The minimum absolute atomic E-state index is 0.0236. The van der Waals surface area contributed by atoms with Crippen LogP contribution in [0, 0.1) is 6.92 Å². The molecular formula is C21H27ClN2O6. The summed E-state index contributed by atoms with van der Waals surface area (Å²) in [5.41, 5.74) is 0.239. The maximum Gasteiger partial charge on any atom is 0.355 e. The molecule has 0 saturated heterocycles. The van der Waals surface area contributed by atoms with Gasteiger partial charge in [-0.05, 0) is 37.5 Å². The van der Waals surface area contributed by atoms with E-state index in [4.69, 9.17) is 20.8 Å². The Labute approximate surface area is 179 Å². The van der Waals surface area contributed by atoms with Crippen molar-refractivity contribution in [3.8, 4) is 5.75 Å². The van der Waals surface area contributed by atoms with Gasteiger partial charge in [0.25, 0.3) is 5.91 Å². The molecule has 1 atom stereocenters. The molecule has 0 aliphatic carbocycles. The average molecular weight is 439 g/mol. The van der Waals surface area contributed by atoms with Crippen LogP contribution < -0.4 is 15.7 Å². The third-order valence-corrected chi connectivity index (χ3v) is 4.99. The van der Waals surface area contributed by atoms with E-state index in [9.17, 15) is 19.5 Å². The number of rotatable bonds is 10. The molecule has 1 heterocycles. The number of aliphatic hydroxyl groups is 1. The molecule has 1 unspecified atom stereocenters. The number of aryl methyl sites for hydroxylation is 1. The Morgan fingerprint density at radius 1 is 1.27 bits per heavy atom. The summed E-state index contributed by atoms with van der Waals surface area (Å²) in [6.45, 7) is 5.86. The first-order chi connectivity index (χ1) is 14.3. The van der Waals surface area contributed by atoms with E-state index >= 15 is 0 Å². The quantitative estimate of drug-likeness (QED) is 0.551. The SMILES string of the molecule is CCCN(CCC)C(=O)C(CO)NC(=O)COc1ccc2c(C)c(Cl)c(=O)oc2c1. The van der Waals surface area contributed by atoms with Crippen LogP contribution in [0.2, 0.25) is 5.02 Å². The Balaban J connectivity index is 2.03. The van der Waals surface area contributed by atoms with E-state index in [2.05, 4.69) is 5.32 Å². The smallest absolute Gasteiger partial charge is 0.355 e. The van der Waals surface area contributed by atoms with Crippen molar-refractivity contribution in [1.82, 2.24) is 10.2 Å². The molecular weight excluding hydrogens is 412 g/mol. The first kappa shape index (κ1) is 23.7. The largest absolute Gasteiger partial charge is 0.484 e. The maximum atomic E-state index is 12.6. The molecule has 8 nitrogen and oxygen atoms in total. The second kappa shape index (κ2) is 11.0. The number of hydrogen-bond donors (Lipinski definition) is 2. The highest BCUT2D eigenvalue weighted by Crippen LogP contribution is 2.25. The van der Waals surface area contributed by atoms with Gasteiger partial charge >= 0.3 is 5.63 Å². The lowest BCUT2D eigenvalue weighted by Crippen LogP contribution is -2.51. The van der Waals surface area contributed by atoms with E-state index in [1.54, 1.807) is 24.0 Å². The highest BCUT2D eigenvalue weighted by Gasteiger charge is 2.24. The number of carbonyl (C=O) groups excluding carboxylic acids is 2. The van der Waals surface area contributed by atoms with Gasteiger partial charge in [-0.25, -0.2) is 4.79 Å². The molecule has 164 valence electrons. The number of fused-ring (bicyclic) bond motifs is 1. The number of carbonyl (C=O) groups is 2. The molecule has 30 heavy (non-hydrogen) atoms. The average Bonchev–Trinajstić information content (AvgIpc) is 2.73. The van der Waals surface area contributed by atoms with Crippen molar-refractivity contribution in [3.63, 3.8) is 0 Å². The Kier molecular flexibility index (Phi) is 8.68. The summed E-state index contributed by atoms with van der Waals surface area (Å²) in [4.78, 5) is 38.2. The van der Waals surface area contributed by atoms with Crippen LogP contribution in [0.5, 0.6) is 5.75 Å².